The zero-order valence-electron chi connectivity index (χ0n) is 10.8. The lowest BCUT2D eigenvalue weighted by molar-refractivity contribution is -0.142. The van der Waals surface area contributed by atoms with Gasteiger partial charge in [0.2, 0.25) is 11.8 Å². The van der Waals surface area contributed by atoms with Crippen molar-refractivity contribution in [1.29, 1.82) is 0 Å². The van der Waals surface area contributed by atoms with Gasteiger partial charge in [-0.15, -0.1) is 0 Å². The van der Waals surface area contributed by atoms with E-state index in [9.17, 15) is 9.59 Å². The van der Waals surface area contributed by atoms with Gasteiger partial charge in [0.1, 0.15) is 6.04 Å². The smallest absolute Gasteiger partial charge is 0.322 e. The van der Waals surface area contributed by atoms with Gasteiger partial charge in [-0.3, -0.25) is 14.9 Å². The van der Waals surface area contributed by atoms with Crippen molar-refractivity contribution in [3.63, 3.8) is 0 Å². The number of aryl methyl sites for hydroxylation is 1. The van der Waals surface area contributed by atoms with E-state index in [-0.39, 0.29) is 11.7 Å². The minimum atomic E-state index is -0.641. The summed E-state index contributed by atoms with van der Waals surface area (Å²) in [4.78, 5) is 22.5. The van der Waals surface area contributed by atoms with Gasteiger partial charge >= 0.3 is 5.97 Å². The molecular weight excluding hydrogens is 270 g/mol. The largest absolute Gasteiger partial charge is 0.468 e. The Balaban J connectivity index is 2.15. The van der Waals surface area contributed by atoms with Crippen molar-refractivity contribution < 1.29 is 18.8 Å². The summed E-state index contributed by atoms with van der Waals surface area (Å²) in [6.07, 6.45) is 0.464. The van der Waals surface area contributed by atoms with Crippen LogP contribution in [0.3, 0.4) is 0 Å². The first-order valence-electron chi connectivity index (χ1n) is 5.67. The van der Waals surface area contributed by atoms with E-state index in [2.05, 4.69) is 15.2 Å². The van der Waals surface area contributed by atoms with Gasteiger partial charge in [0.05, 0.1) is 18.6 Å². The van der Waals surface area contributed by atoms with E-state index in [1.54, 1.807) is 13.0 Å². The lowest BCUT2D eigenvalue weighted by atomic mass is 10.2. The van der Waals surface area contributed by atoms with Crippen LogP contribution in [-0.4, -0.2) is 41.7 Å². The third kappa shape index (κ3) is 5.75. The van der Waals surface area contributed by atoms with Crippen LogP contribution in [-0.2, 0) is 14.3 Å². The van der Waals surface area contributed by atoms with Crippen LogP contribution in [0.4, 0.5) is 5.88 Å². The quantitative estimate of drug-likeness (QED) is 0.556. The lowest BCUT2D eigenvalue weighted by Gasteiger charge is -2.08. The van der Waals surface area contributed by atoms with Crippen molar-refractivity contribution in [3.8, 4) is 0 Å². The molecule has 0 radical (unpaired) electrons. The molecule has 0 bridgehead atoms. The summed E-state index contributed by atoms with van der Waals surface area (Å²) in [5.74, 6) is 0.552. The highest BCUT2D eigenvalue weighted by Gasteiger charge is 2.13. The molecular formula is C11H17N3O4S. The van der Waals surface area contributed by atoms with Crippen molar-refractivity contribution >= 4 is 29.5 Å². The van der Waals surface area contributed by atoms with Crippen molar-refractivity contribution in [2.75, 3.05) is 23.9 Å². The van der Waals surface area contributed by atoms with Crippen LogP contribution in [0.2, 0.25) is 0 Å². The number of nitrogens with zero attached hydrogens (tertiary/aromatic N) is 1. The molecule has 3 N–H and O–H groups in total. The van der Waals surface area contributed by atoms with Gasteiger partial charge in [0.15, 0.2) is 0 Å². The molecule has 0 saturated heterocycles. The number of aromatic nitrogens is 1. The van der Waals surface area contributed by atoms with Gasteiger partial charge < -0.3 is 15.0 Å². The van der Waals surface area contributed by atoms with E-state index in [0.717, 1.165) is 0 Å². The molecule has 1 amide bonds. The Labute approximate surface area is 115 Å². The maximum Gasteiger partial charge on any atom is 0.322 e. The molecule has 1 heterocycles. The molecule has 0 aliphatic heterocycles. The highest BCUT2D eigenvalue weighted by atomic mass is 32.2. The Hall–Kier alpha value is -1.54. The summed E-state index contributed by atoms with van der Waals surface area (Å²) >= 11 is 1.38. The van der Waals surface area contributed by atoms with E-state index in [4.69, 9.17) is 10.3 Å². The van der Waals surface area contributed by atoms with Crippen molar-refractivity contribution in [2.24, 2.45) is 5.73 Å². The number of rotatable bonds is 7. The molecule has 106 valence electrons. The van der Waals surface area contributed by atoms with Crippen LogP contribution < -0.4 is 11.1 Å². The van der Waals surface area contributed by atoms with Crippen molar-refractivity contribution in [3.05, 3.63) is 11.8 Å². The molecule has 1 unspecified atom stereocenters. The van der Waals surface area contributed by atoms with Crippen LogP contribution in [0.5, 0.6) is 0 Å². The number of methoxy groups -OCH3 is 1. The average molecular weight is 287 g/mol. The number of nitrogens with two attached hydrogens (primary N) is 1. The third-order valence-corrected chi connectivity index (χ3v) is 3.19. The second-order valence-electron chi connectivity index (χ2n) is 3.85. The number of carbonyl (C=O) groups excluding carboxylic acids is 2. The summed E-state index contributed by atoms with van der Waals surface area (Å²) < 4.78 is 9.35. The van der Waals surface area contributed by atoms with Crippen LogP contribution >= 0.6 is 11.8 Å². The number of ether oxygens (including phenoxy) is 1. The molecule has 0 aliphatic carbocycles. The minimum Gasteiger partial charge on any atom is -0.468 e. The fraction of sp³-hybridized carbons (Fsp3) is 0.545. The van der Waals surface area contributed by atoms with E-state index < -0.39 is 12.0 Å². The number of anilines is 1. The SMILES string of the molecule is COC(=O)C(N)CCSCC(=O)Nc1cc(C)no1. The van der Waals surface area contributed by atoms with Gasteiger partial charge in [-0.2, -0.15) is 11.8 Å². The number of thioether (sulfide) groups is 1. The van der Waals surface area contributed by atoms with E-state index >= 15 is 0 Å². The number of esters is 1. The zero-order chi connectivity index (χ0) is 14.3. The summed E-state index contributed by atoms with van der Waals surface area (Å²) in [5.41, 5.74) is 6.26. The average Bonchev–Trinajstić information content (AvgIpc) is 2.78. The van der Waals surface area contributed by atoms with Crippen LogP contribution in [0.1, 0.15) is 12.1 Å². The number of hydrogen-bond donors (Lipinski definition) is 2. The molecule has 1 rings (SSSR count). The standard InChI is InChI=1S/C11H17N3O4S/c1-7-5-10(18-14-7)13-9(15)6-19-4-3-8(12)11(16)17-2/h5,8H,3-4,6,12H2,1-2H3,(H,13,15). The molecule has 0 fully saturated rings. The van der Waals surface area contributed by atoms with Gasteiger partial charge in [0, 0.05) is 6.07 Å². The van der Waals surface area contributed by atoms with E-state index in [1.165, 1.54) is 18.9 Å². The number of hydrogen-bond acceptors (Lipinski definition) is 7. The van der Waals surface area contributed by atoms with Crippen LogP contribution in [0.15, 0.2) is 10.6 Å². The Morgan fingerprint density at radius 3 is 2.95 bits per heavy atom. The lowest BCUT2D eigenvalue weighted by Crippen LogP contribution is -2.32. The first-order valence-corrected chi connectivity index (χ1v) is 6.82. The molecule has 1 atom stereocenters. The third-order valence-electron chi connectivity index (χ3n) is 2.20. The summed E-state index contributed by atoms with van der Waals surface area (Å²) in [6.45, 7) is 1.77. The zero-order valence-corrected chi connectivity index (χ0v) is 11.7. The molecule has 8 heteroatoms. The summed E-state index contributed by atoms with van der Waals surface area (Å²) in [7, 11) is 1.29. The summed E-state index contributed by atoms with van der Waals surface area (Å²) in [5, 5.41) is 6.23. The maximum absolute atomic E-state index is 11.5. The molecule has 0 aromatic carbocycles. The first-order chi connectivity index (χ1) is 9.02. The van der Waals surface area contributed by atoms with Gasteiger partial charge in [-0.1, -0.05) is 5.16 Å². The molecule has 0 aliphatic rings. The number of amides is 1. The van der Waals surface area contributed by atoms with Crippen molar-refractivity contribution in [1.82, 2.24) is 5.16 Å². The van der Waals surface area contributed by atoms with Gasteiger partial charge in [-0.05, 0) is 19.1 Å². The predicted molar refractivity (Wildman–Crippen MR) is 71.8 cm³/mol. The first kappa shape index (κ1) is 15.5. The summed E-state index contributed by atoms with van der Waals surface area (Å²) in [6, 6.07) is 0.993. The predicted octanol–water partition coefficient (Wildman–Crippen LogP) is 0.545. The fourth-order valence-electron chi connectivity index (χ4n) is 1.24. The Morgan fingerprint density at radius 2 is 2.37 bits per heavy atom. The molecule has 0 spiro atoms. The second kappa shape index (κ2) is 7.80. The topological polar surface area (TPSA) is 107 Å². The Kier molecular flexibility index (Phi) is 6.37. The minimum absolute atomic E-state index is 0.187. The normalized spacial score (nSPS) is 11.9. The van der Waals surface area contributed by atoms with Crippen molar-refractivity contribution in [2.45, 2.75) is 19.4 Å². The van der Waals surface area contributed by atoms with E-state index in [1.807, 2.05) is 0 Å². The van der Waals surface area contributed by atoms with Gasteiger partial charge in [-0.25, -0.2) is 0 Å². The Bertz CT molecular complexity index is 435. The molecule has 1 aromatic heterocycles. The highest BCUT2D eigenvalue weighted by Crippen LogP contribution is 2.10. The monoisotopic (exact) mass is 287 g/mol. The molecule has 19 heavy (non-hydrogen) atoms. The Morgan fingerprint density at radius 1 is 1.63 bits per heavy atom. The molecule has 7 nitrogen and oxygen atoms in total. The fourth-order valence-corrected chi connectivity index (χ4v) is 2.06. The van der Waals surface area contributed by atoms with Gasteiger partial charge in [0.25, 0.3) is 0 Å². The van der Waals surface area contributed by atoms with E-state index in [0.29, 0.717) is 23.8 Å². The second-order valence-corrected chi connectivity index (χ2v) is 4.96. The molecule has 0 saturated carbocycles. The number of carbonyl (C=O) groups is 2. The van der Waals surface area contributed by atoms with Crippen LogP contribution in [0.25, 0.3) is 0 Å². The molecule has 1 aromatic rings. The maximum atomic E-state index is 11.5. The highest BCUT2D eigenvalue weighted by molar-refractivity contribution is 7.99. The number of nitrogens with one attached hydrogen (secondary N) is 1. The van der Waals surface area contributed by atoms with Crippen LogP contribution in [0, 0.1) is 6.92 Å².